The van der Waals surface area contributed by atoms with E-state index in [1.165, 1.54) is 16.7 Å². The third kappa shape index (κ3) is 8.75. The number of aryl methyl sites for hydroxylation is 1. The maximum Gasteiger partial charge on any atom is 0.264 e. The number of hydrogen-bond acceptors (Lipinski definition) is 6. The average Bonchev–Trinajstić information content (AvgIpc) is 2.98. The average molecular weight is 612 g/mol. The number of rotatable bonds is 14. The molecule has 8 nitrogen and oxygen atoms in total. The zero-order chi connectivity index (χ0) is 30.9. The smallest absolute Gasteiger partial charge is 0.264 e. The number of carbonyl (C=O) groups excluding carboxylic acids is 2. The molecular weight excluding hydrogens is 571 g/mol. The molecule has 0 saturated carbocycles. The Kier molecular flexibility index (Phi) is 11.9. The van der Waals surface area contributed by atoms with Crippen molar-refractivity contribution >= 4 is 39.3 Å². The topological polar surface area (TPSA) is 96.0 Å². The summed E-state index contributed by atoms with van der Waals surface area (Å²) in [6.07, 6.45) is 1.91. The second-order valence-electron chi connectivity index (χ2n) is 10.4. The molecule has 0 unspecified atom stereocenters. The van der Waals surface area contributed by atoms with Crippen molar-refractivity contribution in [2.24, 2.45) is 5.92 Å². The van der Waals surface area contributed by atoms with Gasteiger partial charge in [0.2, 0.25) is 11.8 Å². The number of benzene rings is 3. The normalized spacial score (nSPS) is 12.1. The number of thioether (sulfide) groups is 1. The fourth-order valence-corrected chi connectivity index (χ4v) is 6.03. The van der Waals surface area contributed by atoms with Crippen LogP contribution in [-0.4, -0.2) is 57.1 Å². The van der Waals surface area contributed by atoms with Gasteiger partial charge in [0.25, 0.3) is 10.0 Å². The lowest BCUT2D eigenvalue weighted by Crippen LogP contribution is -2.51. The summed E-state index contributed by atoms with van der Waals surface area (Å²) in [5, 5.41) is 2.90. The molecule has 3 aromatic carbocycles. The molecule has 1 atom stereocenters. The van der Waals surface area contributed by atoms with Gasteiger partial charge < -0.3 is 15.0 Å². The fourth-order valence-electron chi connectivity index (χ4n) is 4.20. The van der Waals surface area contributed by atoms with Gasteiger partial charge in [-0.25, -0.2) is 8.42 Å². The standard InChI is InChI=1S/C32H41N3O5S2/c1-7-40-28-14-12-27(13-15-28)35(42(38,39)30-18-16-29(41-6)17-19-30)22-31(36)34(21-26-10-8-24(4)9-11-26)25(5)32(37)33-20-23(2)3/h8-19,23,25H,7,20-22H2,1-6H3,(H,33,37)/t25-/m0/s1. The van der Waals surface area contributed by atoms with E-state index in [2.05, 4.69) is 5.32 Å². The van der Waals surface area contributed by atoms with Crippen molar-refractivity contribution in [3.8, 4) is 5.75 Å². The first-order valence-electron chi connectivity index (χ1n) is 14.0. The van der Waals surface area contributed by atoms with Gasteiger partial charge in [-0.2, -0.15) is 0 Å². The molecule has 3 rings (SSSR count). The molecule has 0 aliphatic carbocycles. The van der Waals surface area contributed by atoms with E-state index in [-0.39, 0.29) is 23.3 Å². The van der Waals surface area contributed by atoms with Crippen molar-refractivity contribution in [3.05, 3.63) is 83.9 Å². The van der Waals surface area contributed by atoms with Crippen molar-refractivity contribution in [2.45, 2.75) is 57.0 Å². The van der Waals surface area contributed by atoms with Gasteiger partial charge in [-0.1, -0.05) is 43.7 Å². The molecule has 0 bridgehead atoms. The Hall–Kier alpha value is -3.50. The number of carbonyl (C=O) groups is 2. The van der Waals surface area contributed by atoms with Crippen LogP contribution in [0.4, 0.5) is 5.69 Å². The predicted molar refractivity (Wildman–Crippen MR) is 169 cm³/mol. The third-order valence-electron chi connectivity index (χ3n) is 6.69. The maximum absolute atomic E-state index is 14.0. The van der Waals surface area contributed by atoms with Crippen LogP contribution in [0.2, 0.25) is 0 Å². The van der Waals surface area contributed by atoms with Gasteiger partial charge in [0, 0.05) is 18.0 Å². The summed E-state index contributed by atoms with van der Waals surface area (Å²) in [7, 11) is -4.14. The Bertz CT molecular complexity index is 1420. The highest BCUT2D eigenvalue weighted by molar-refractivity contribution is 7.98. The lowest BCUT2D eigenvalue weighted by Gasteiger charge is -2.32. The second-order valence-corrected chi connectivity index (χ2v) is 13.2. The molecular formula is C32H41N3O5S2. The highest BCUT2D eigenvalue weighted by Gasteiger charge is 2.32. The van der Waals surface area contributed by atoms with Crippen LogP contribution in [0.5, 0.6) is 5.75 Å². The van der Waals surface area contributed by atoms with Crippen molar-refractivity contribution in [2.75, 3.05) is 30.3 Å². The number of amides is 2. The lowest BCUT2D eigenvalue weighted by molar-refractivity contribution is -0.139. The van der Waals surface area contributed by atoms with Gasteiger partial charge in [0.1, 0.15) is 18.3 Å². The molecule has 3 aromatic rings. The molecule has 0 spiro atoms. The van der Waals surface area contributed by atoms with Crippen LogP contribution >= 0.6 is 11.8 Å². The van der Waals surface area contributed by atoms with E-state index < -0.39 is 28.5 Å². The van der Waals surface area contributed by atoms with Crippen LogP contribution in [0.1, 0.15) is 38.8 Å². The highest BCUT2D eigenvalue weighted by Crippen LogP contribution is 2.28. The third-order valence-corrected chi connectivity index (χ3v) is 9.22. The summed E-state index contributed by atoms with van der Waals surface area (Å²) in [4.78, 5) is 29.6. The van der Waals surface area contributed by atoms with Crippen molar-refractivity contribution < 1.29 is 22.7 Å². The molecule has 0 fully saturated rings. The van der Waals surface area contributed by atoms with Gasteiger partial charge in [0.15, 0.2) is 0 Å². The van der Waals surface area contributed by atoms with E-state index in [0.717, 1.165) is 20.3 Å². The van der Waals surface area contributed by atoms with E-state index in [1.807, 2.05) is 58.2 Å². The number of nitrogens with one attached hydrogen (secondary N) is 1. The number of nitrogens with zero attached hydrogens (tertiary/aromatic N) is 2. The van der Waals surface area contributed by atoms with Gasteiger partial charge in [-0.05, 0) is 87.0 Å². The number of ether oxygens (including phenoxy) is 1. The maximum atomic E-state index is 14.0. The Labute approximate surface area is 254 Å². The largest absolute Gasteiger partial charge is 0.494 e. The molecule has 10 heteroatoms. The van der Waals surface area contributed by atoms with E-state index in [0.29, 0.717) is 24.6 Å². The fraction of sp³-hybridized carbons (Fsp3) is 0.375. The lowest BCUT2D eigenvalue weighted by atomic mass is 10.1. The summed E-state index contributed by atoms with van der Waals surface area (Å²) >= 11 is 1.51. The zero-order valence-corrected chi connectivity index (χ0v) is 26.8. The Morgan fingerprint density at radius 3 is 2.10 bits per heavy atom. The minimum Gasteiger partial charge on any atom is -0.494 e. The Morgan fingerprint density at radius 2 is 1.55 bits per heavy atom. The first-order valence-corrected chi connectivity index (χ1v) is 16.6. The van der Waals surface area contributed by atoms with Gasteiger partial charge in [0.05, 0.1) is 17.2 Å². The quantitative estimate of drug-likeness (QED) is 0.242. The molecule has 2 amide bonds. The van der Waals surface area contributed by atoms with Crippen molar-refractivity contribution in [1.82, 2.24) is 10.2 Å². The minimum absolute atomic E-state index is 0.0646. The highest BCUT2D eigenvalue weighted by atomic mass is 32.2. The van der Waals surface area contributed by atoms with Crippen LogP contribution in [0.3, 0.4) is 0 Å². The minimum atomic E-state index is -4.14. The molecule has 0 heterocycles. The Balaban J connectivity index is 2.01. The summed E-state index contributed by atoms with van der Waals surface area (Å²) in [5.74, 6) is 0.0270. The van der Waals surface area contributed by atoms with Crippen LogP contribution in [0.15, 0.2) is 82.6 Å². The predicted octanol–water partition coefficient (Wildman–Crippen LogP) is 5.50. The van der Waals surface area contributed by atoms with Crippen LogP contribution in [-0.2, 0) is 26.2 Å². The molecule has 226 valence electrons. The van der Waals surface area contributed by atoms with Crippen LogP contribution in [0, 0.1) is 12.8 Å². The van der Waals surface area contributed by atoms with Crippen molar-refractivity contribution in [3.63, 3.8) is 0 Å². The molecule has 0 aliphatic rings. The Morgan fingerprint density at radius 1 is 0.929 bits per heavy atom. The monoisotopic (exact) mass is 611 g/mol. The van der Waals surface area contributed by atoms with E-state index in [4.69, 9.17) is 4.74 Å². The first-order chi connectivity index (χ1) is 20.0. The number of anilines is 1. The van der Waals surface area contributed by atoms with Gasteiger partial charge in [-0.3, -0.25) is 13.9 Å². The van der Waals surface area contributed by atoms with E-state index in [9.17, 15) is 18.0 Å². The summed E-state index contributed by atoms with van der Waals surface area (Å²) < 4.78 is 34.7. The number of sulfonamides is 1. The van der Waals surface area contributed by atoms with Crippen LogP contribution < -0.4 is 14.4 Å². The molecule has 42 heavy (non-hydrogen) atoms. The zero-order valence-electron chi connectivity index (χ0n) is 25.2. The SMILES string of the molecule is CCOc1ccc(N(CC(=O)N(Cc2ccc(C)cc2)[C@@H](C)C(=O)NCC(C)C)S(=O)(=O)c2ccc(SC)cc2)cc1. The summed E-state index contributed by atoms with van der Waals surface area (Å²) in [5.41, 5.74) is 2.22. The van der Waals surface area contributed by atoms with E-state index >= 15 is 0 Å². The number of hydrogen-bond donors (Lipinski definition) is 1. The van der Waals surface area contributed by atoms with Gasteiger partial charge in [-0.15, -0.1) is 11.8 Å². The molecule has 0 radical (unpaired) electrons. The van der Waals surface area contributed by atoms with Crippen molar-refractivity contribution in [1.29, 1.82) is 0 Å². The summed E-state index contributed by atoms with van der Waals surface area (Å²) in [6.45, 7) is 10.1. The van der Waals surface area contributed by atoms with Gasteiger partial charge >= 0.3 is 0 Å². The molecule has 1 N–H and O–H groups in total. The second kappa shape index (κ2) is 15.1. The van der Waals surface area contributed by atoms with E-state index in [1.54, 1.807) is 55.5 Å². The first kappa shape index (κ1) is 33.0. The molecule has 0 saturated heterocycles. The molecule has 0 aromatic heterocycles. The van der Waals surface area contributed by atoms with Crippen LogP contribution in [0.25, 0.3) is 0 Å². The molecule has 0 aliphatic heterocycles. The summed E-state index contributed by atoms with van der Waals surface area (Å²) in [6, 6.07) is 20.0.